The number of carboxylic acids is 1. The minimum atomic E-state index is -1.21. The summed E-state index contributed by atoms with van der Waals surface area (Å²) in [6, 6.07) is 6.83. The predicted molar refractivity (Wildman–Crippen MR) is 62.6 cm³/mol. The number of aryl methyl sites for hydroxylation is 1. The van der Waals surface area contributed by atoms with Gasteiger partial charge in [-0.05, 0) is 19.1 Å². The van der Waals surface area contributed by atoms with E-state index >= 15 is 0 Å². The molecule has 2 aromatic rings. The van der Waals surface area contributed by atoms with Crippen LogP contribution in [0.25, 0.3) is 0 Å². The van der Waals surface area contributed by atoms with Crippen molar-refractivity contribution in [2.24, 2.45) is 0 Å². The lowest BCUT2D eigenvalue weighted by atomic mass is 10.1. The summed E-state index contributed by atoms with van der Waals surface area (Å²) in [5, 5.41) is 11.0. The molecule has 0 bridgehead atoms. The van der Waals surface area contributed by atoms with Gasteiger partial charge in [-0.15, -0.1) is 0 Å². The highest BCUT2D eigenvalue weighted by Gasteiger charge is 2.13. The van der Waals surface area contributed by atoms with Crippen molar-refractivity contribution in [2.75, 3.05) is 5.32 Å². The molecule has 6 heteroatoms. The van der Waals surface area contributed by atoms with E-state index in [1.54, 1.807) is 18.2 Å². The van der Waals surface area contributed by atoms with E-state index in [4.69, 9.17) is 9.52 Å². The highest BCUT2D eigenvalue weighted by molar-refractivity contribution is 6.03. The van der Waals surface area contributed by atoms with Crippen LogP contribution in [0.3, 0.4) is 0 Å². The number of hydrogen-bond acceptors (Lipinski definition) is 4. The first-order valence-corrected chi connectivity index (χ1v) is 5.13. The van der Waals surface area contributed by atoms with Crippen LogP contribution in [0.4, 0.5) is 6.01 Å². The van der Waals surface area contributed by atoms with Crippen LogP contribution in [0.2, 0.25) is 0 Å². The topological polar surface area (TPSA) is 92.4 Å². The fraction of sp³-hybridized carbons (Fsp3) is 0.0833. The SMILES string of the molecule is Cc1cccc(C(=O)Nc2nc(C(=O)O)co2)c1. The van der Waals surface area contributed by atoms with Crippen molar-refractivity contribution >= 4 is 17.9 Å². The minimum absolute atomic E-state index is 0.140. The van der Waals surface area contributed by atoms with Gasteiger partial charge >= 0.3 is 12.0 Å². The summed E-state index contributed by atoms with van der Waals surface area (Å²) in [5.74, 6) is -1.62. The van der Waals surface area contributed by atoms with E-state index in [9.17, 15) is 9.59 Å². The summed E-state index contributed by atoms with van der Waals surface area (Å²) in [5.41, 5.74) is 1.14. The summed E-state index contributed by atoms with van der Waals surface area (Å²) >= 11 is 0. The lowest BCUT2D eigenvalue weighted by Gasteiger charge is -2.01. The molecule has 1 amide bonds. The lowest BCUT2D eigenvalue weighted by Crippen LogP contribution is -2.12. The van der Waals surface area contributed by atoms with E-state index in [0.717, 1.165) is 11.8 Å². The van der Waals surface area contributed by atoms with Crippen LogP contribution in [0, 0.1) is 6.92 Å². The second-order valence-electron chi connectivity index (χ2n) is 3.67. The fourth-order valence-corrected chi connectivity index (χ4v) is 1.38. The Morgan fingerprint density at radius 2 is 2.17 bits per heavy atom. The molecule has 0 saturated carbocycles. The number of rotatable bonds is 3. The molecule has 1 aromatic heterocycles. The van der Waals surface area contributed by atoms with Crippen molar-refractivity contribution in [3.8, 4) is 0 Å². The standard InChI is InChI=1S/C12H10N2O4/c1-7-3-2-4-8(5-7)10(15)14-12-13-9(6-18-12)11(16)17/h2-6H,1H3,(H,16,17)(H,13,14,15). The summed E-state index contributed by atoms with van der Waals surface area (Å²) in [4.78, 5) is 26.0. The molecule has 6 nitrogen and oxygen atoms in total. The van der Waals surface area contributed by atoms with Gasteiger partial charge in [0.1, 0.15) is 6.26 Å². The molecule has 1 aromatic carbocycles. The summed E-state index contributed by atoms with van der Waals surface area (Å²) in [7, 11) is 0. The highest BCUT2D eigenvalue weighted by Crippen LogP contribution is 2.10. The van der Waals surface area contributed by atoms with Crippen LogP contribution in [-0.2, 0) is 0 Å². The monoisotopic (exact) mass is 246 g/mol. The molecule has 92 valence electrons. The van der Waals surface area contributed by atoms with Gasteiger partial charge in [0.2, 0.25) is 0 Å². The maximum Gasteiger partial charge on any atom is 0.357 e. The fourth-order valence-electron chi connectivity index (χ4n) is 1.38. The largest absolute Gasteiger partial charge is 0.476 e. The summed E-state index contributed by atoms with van der Waals surface area (Å²) in [6.07, 6.45) is 0.966. The molecule has 0 spiro atoms. The van der Waals surface area contributed by atoms with Gasteiger partial charge < -0.3 is 9.52 Å². The molecule has 0 aliphatic heterocycles. The molecule has 0 unspecified atom stereocenters. The second-order valence-corrected chi connectivity index (χ2v) is 3.67. The number of aromatic nitrogens is 1. The van der Waals surface area contributed by atoms with Crippen LogP contribution < -0.4 is 5.32 Å². The van der Waals surface area contributed by atoms with Gasteiger partial charge in [0.15, 0.2) is 5.69 Å². The third-order valence-electron chi connectivity index (χ3n) is 2.22. The number of nitrogens with zero attached hydrogens (tertiary/aromatic N) is 1. The number of amides is 1. The van der Waals surface area contributed by atoms with E-state index in [0.29, 0.717) is 5.56 Å². The number of anilines is 1. The quantitative estimate of drug-likeness (QED) is 0.863. The number of nitrogens with one attached hydrogen (secondary N) is 1. The van der Waals surface area contributed by atoms with Gasteiger partial charge in [-0.3, -0.25) is 10.1 Å². The van der Waals surface area contributed by atoms with Crippen LogP contribution in [0.5, 0.6) is 0 Å². The predicted octanol–water partition coefficient (Wildman–Crippen LogP) is 1.93. The Bertz CT molecular complexity index is 604. The van der Waals surface area contributed by atoms with Gasteiger partial charge in [0.05, 0.1) is 0 Å². The number of carbonyl (C=O) groups is 2. The average Bonchev–Trinajstić information content (AvgIpc) is 2.77. The zero-order valence-electron chi connectivity index (χ0n) is 9.51. The third kappa shape index (κ3) is 2.54. The molecule has 1 heterocycles. The smallest absolute Gasteiger partial charge is 0.357 e. The molecule has 18 heavy (non-hydrogen) atoms. The number of oxazole rings is 1. The zero-order chi connectivity index (χ0) is 13.1. The first-order chi connectivity index (χ1) is 8.56. The molecular weight excluding hydrogens is 236 g/mol. The Morgan fingerprint density at radius 1 is 1.39 bits per heavy atom. The third-order valence-corrected chi connectivity index (χ3v) is 2.22. The number of benzene rings is 1. The maximum atomic E-state index is 11.8. The first-order valence-electron chi connectivity index (χ1n) is 5.13. The second kappa shape index (κ2) is 4.70. The molecule has 2 rings (SSSR count). The van der Waals surface area contributed by atoms with Gasteiger partial charge in [-0.1, -0.05) is 17.7 Å². The highest BCUT2D eigenvalue weighted by atomic mass is 16.4. The number of carboxylic acid groups (broad SMARTS) is 1. The van der Waals surface area contributed by atoms with Crippen molar-refractivity contribution in [3.63, 3.8) is 0 Å². The molecule has 0 aliphatic carbocycles. The molecule has 2 N–H and O–H groups in total. The minimum Gasteiger partial charge on any atom is -0.476 e. The summed E-state index contributed by atoms with van der Waals surface area (Å²) in [6.45, 7) is 1.87. The Morgan fingerprint density at radius 3 is 2.78 bits per heavy atom. The molecule has 0 saturated heterocycles. The molecule has 0 aliphatic rings. The van der Waals surface area contributed by atoms with E-state index in [1.807, 2.05) is 13.0 Å². The zero-order valence-corrected chi connectivity index (χ0v) is 9.51. The van der Waals surface area contributed by atoms with Crippen molar-refractivity contribution in [1.29, 1.82) is 0 Å². The van der Waals surface area contributed by atoms with Crippen molar-refractivity contribution in [2.45, 2.75) is 6.92 Å². The van der Waals surface area contributed by atoms with Gasteiger partial charge in [-0.2, -0.15) is 4.98 Å². The Hall–Kier alpha value is -2.63. The normalized spacial score (nSPS) is 10.1. The Labute approximate surface area is 102 Å². The molecule has 0 fully saturated rings. The van der Waals surface area contributed by atoms with E-state index < -0.39 is 11.9 Å². The molecule has 0 atom stereocenters. The Balaban J connectivity index is 2.13. The number of aromatic carboxylic acids is 1. The number of hydrogen-bond donors (Lipinski definition) is 2. The van der Waals surface area contributed by atoms with Gasteiger partial charge in [-0.25, -0.2) is 4.79 Å². The summed E-state index contributed by atoms with van der Waals surface area (Å²) < 4.78 is 4.82. The first kappa shape index (κ1) is 11.8. The van der Waals surface area contributed by atoms with E-state index in [2.05, 4.69) is 10.3 Å². The molecular formula is C12H10N2O4. The lowest BCUT2D eigenvalue weighted by molar-refractivity contribution is 0.0690. The van der Waals surface area contributed by atoms with Crippen molar-refractivity contribution in [1.82, 2.24) is 4.98 Å². The van der Waals surface area contributed by atoms with Crippen LogP contribution in [0.15, 0.2) is 34.9 Å². The van der Waals surface area contributed by atoms with Crippen molar-refractivity contribution in [3.05, 3.63) is 47.3 Å². The van der Waals surface area contributed by atoms with Gasteiger partial charge in [0.25, 0.3) is 5.91 Å². The van der Waals surface area contributed by atoms with Crippen LogP contribution in [0.1, 0.15) is 26.4 Å². The molecule has 0 radical (unpaired) electrons. The van der Waals surface area contributed by atoms with Crippen LogP contribution in [-0.4, -0.2) is 22.0 Å². The van der Waals surface area contributed by atoms with Gasteiger partial charge in [0, 0.05) is 5.56 Å². The average molecular weight is 246 g/mol. The number of carbonyl (C=O) groups excluding carboxylic acids is 1. The van der Waals surface area contributed by atoms with E-state index in [-0.39, 0.29) is 11.7 Å². The van der Waals surface area contributed by atoms with Crippen molar-refractivity contribution < 1.29 is 19.1 Å². The van der Waals surface area contributed by atoms with Crippen LogP contribution >= 0.6 is 0 Å². The Kier molecular flexibility index (Phi) is 3.09. The van der Waals surface area contributed by atoms with E-state index in [1.165, 1.54) is 0 Å². The maximum absolute atomic E-state index is 11.8.